The molecule has 4 N–H and O–H groups in total. The lowest BCUT2D eigenvalue weighted by molar-refractivity contribution is -0.156. The first-order valence-electron chi connectivity index (χ1n) is 5.03. The number of H-pyrrole nitrogens is 2. The molecule has 1 heterocycles. The second kappa shape index (κ2) is 4.52. The maximum absolute atomic E-state index is 11.5. The summed E-state index contributed by atoms with van der Waals surface area (Å²) in [5, 5.41) is 0. The fourth-order valence-corrected chi connectivity index (χ4v) is 1.18. The third kappa shape index (κ3) is 3.90. The zero-order valence-electron chi connectivity index (χ0n) is 9.66. The van der Waals surface area contributed by atoms with Crippen molar-refractivity contribution in [1.29, 1.82) is 0 Å². The lowest BCUT2D eigenvalue weighted by Crippen LogP contribution is -2.38. The van der Waals surface area contributed by atoms with Gasteiger partial charge in [0.15, 0.2) is 0 Å². The number of carbonyl (C=O) groups is 1. The molecule has 0 amide bonds. The highest BCUT2D eigenvalue weighted by atomic mass is 16.6. The summed E-state index contributed by atoms with van der Waals surface area (Å²) in [5.41, 5.74) is 5.37. The molecule has 0 fully saturated rings. The van der Waals surface area contributed by atoms with Crippen molar-refractivity contribution in [3.05, 3.63) is 22.4 Å². The lowest BCUT2D eigenvalue weighted by Gasteiger charge is -2.21. The molecule has 0 aliphatic carbocycles. The SMILES string of the molecule is CC(C)(C)OC(=O)[C@@H](N)Cc1c[nH]c(=O)[nH]1. The van der Waals surface area contributed by atoms with Crippen LogP contribution in [0.5, 0.6) is 0 Å². The van der Waals surface area contributed by atoms with Gasteiger partial charge in [0.2, 0.25) is 0 Å². The van der Waals surface area contributed by atoms with E-state index >= 15 is 0 Å². The first kappa shape index (κ1) is 12.5. The smallest absolute Gasteiger partial charge is 0.323 e. The lowest BCUT2D eigenvalue weighted by atomic mass is 10.1. The number of nitrogens with two attached hydrogens (primary N) is 1. The van der Waals surface area contributed by atoms with Gasteiger partial charge in [-0.15, -0.1) is 0 Å². The van der Waals surface area contributed by atoms with Gasteiger partial charge in [0.05, 0.1) is 0 Å². The molecule has 0 spiro atoms. The topological polar surface area (TPSA) is 101 Å². The molecule has 1 atom stereocenters. The monoisotopic (exact) mass is 227 g/mol. The Balaban J connectivity index is 2.55. The number of imidazole rings is 1. The van der Waals surface area contributed by atoms with Crippen LogP contribution in [0.4, 0.5) is 0 Å². The third-order valence-corrected chi connectivity index (χ3v) is 1.80. The van der Waals surface area contributed by atoms with Crippen LogP contribution in [0.3, 0.4) is 0 Å². The Hall–Kier alpha value is -1.56. The molecule has 1 rings (SSSR count). The van der Waals surface area contributed by atoms with Gasteiger partial charge in [-0.2, -0.15) is 0 Å². The van der Waals surface area contributed by atoms with Gasteiger partial charge in [0.25, 0.3) is 0 Å². The van der Waals surface area contributed by atoms with Crippen LogP contribution < -0.4 is 11.4 Å². The van der Waals surface area contributed by atoms with Crippen LogP contribution >= 0.6 is 0 Å². The van der Waals surface area contributed by atoms with Crippen LogP contribution in [0.15, 0.2) is 11.0 Å². The van der Waals surface area contributed by atoms with Crippen molar-refractivity contribution in [2.45, 2.75) is 38.8 Å². The number of esters is 1. The second-order valence-corrected chi connectivity index (χ2v) is 4.61. The van der Waals surface area contributed by atoms with Crippen LogP contribution in [-0.4, -0.2) is 27.6 Å². The number of carbonyl (C=O) groups excluding carboxylic acids is 1. The largest absolute Gasteiger partial charge is 0.459 e. The fraction of sp³-hybridized carbons (Fsp3) is 0.600. The summed E-state index contributed by atoms with van der Waals surface area (Å²) in [5.74, 6) is -0.477. The zero-order valence-corrected chi connectivity index (χ0v) is 9.66. The van der Waals surface area contributed by atoms with Crippen molar-refractivity contribution in [2.24, 2.45) is 5.73 Å². The molecule has 0 radical (unpaired) electrons. The highest BCUT2D eigenvalue weighted by molar-refractivity contribution is 5.76. The van der Waals surface area contributed by atoms with E-state index in [1.165, 1.54) is 6.20 Å². The van der Waals surface area contributed by atoms with Gasteiger partial charge < -0.3 is 20.4 Å². The van der Waals surface area contributed by atoms with Crippen molar-refractivity contribution in [3.8, 4) is 0 Å². The molecule has 1 aromatic heterocycles. The van der Waals surface area contributed by atoms with E-state index in [2.05, 4.69) is 9.97 Å². The molecule has 0 aliphatic rings. The highest BCUT2D eigenvalue weighted by Crippen LogP contribution is 2.09. The van der Waals surface area contributed by atoms with Gasteiger partial charge in [-0.1, -0.05) is 0 Å². The molecule has 0 bridgehead atoms. The quantitative estimate of drug-likeness (QED) is 0.628. The van der Waals surface area contributed by atoms with Gasteiger partial charge >= 0.3 is 11.7 Å². The van der Waals surface area contributed by atoms with Crippen LogP contribution in [-0.2, 0) is 16.0 Å². The van der Waals surface area contributed by atoms with Gasteiger partial charge in [-0.25, -0.2) is 4.79 Å². The molecule has 0 saturated carbocycles. The number of hydrogen-bond donors (Lipinski definition) is 3. The number of aromatic amines is 2. The summed E-state index contributed by atoms with van der Waals surface area (Å²) >= 11 is 0. The molecular weight excluding hydrogens is 210 g/mol. The van der Waals surface area contributed by atoms with Crippen LogP contribution in [0.1, 0.15) is 26.5 Å². The van der Waals surface area contributed by atoms with Crippen molar-refractivity contribution in [1.82, 2.24) is 9.97 Å². The van der Waals surface area contributed by atoms with Crippen LogP contribution in [0.25, 0.3) is 0 Å². The molecule has 90 valence electrons. The summed E-state index contributed by atoms with van der Waals surface area (Å²) in [7, 11) is 0. The van der Waals surface area contributed by atoms with Gasteiger partial charge in [0.1, 0.15) is 11.6 Å². The zero-order chi connectivity index (χ0) is 12.3. The Kier molecular flexibility index (Phi) is 3.54. The normalized spacial score (nSPS) is 13.5. The molecule has 0 unspecified atom stereocenters. The molecular formula is C10H17N3O3. The van der Waals surface area contributed by atoms with E-state index in [1.807, 2.05) is 0 Å². The van der Waals surface area contributed by atoms with E-state index in [0.717, 1.165) is 0 Å². The average Bonchev–Trinajstić information content (AvgIpc) is 2.48. The third-order valence-electron chi connectivity index (χ3n) is 1.80. The summed E-state index contributed by atoms with van der Waals surface area (Å²) < 4.78 is 5.11. The van der Waals surface area contributed by atoms with Gasteiger partial charge in [0, 0.05) is 18.3 Å². The molecule has 0 saturated heterocycles. The molecule has 6 heteroatoms. The van der Waals surface area contributed by atoms with E-state index in [-0.39, 0.29) is 12.1 Å². The molecule has 1 aromatic rings. The van der Waals surface area contributed by atoms with Gasteiger partial charge in [-0.05, 0) is 20.8 Å². The summed E-state index contributed by atoms with van der Waals surface area (Å²) in [6.07, 6.45) is 1.74. The Morgan fingerprint density at radius 1 is 1.56 bits per heavy atom. The molecule has 6 nitrogen and oxygen atoms in total. The predicted octanol–water partition coefficient (Wildman–Crippen LogP) is -0.0855. The van der Waals surface area contributed by atoms with E-state index in [0.29, 0.717) is 5.69 Å². The first-order valence-corrected chi connectivity index (χ1v) is 5.03. The average molecular weight is 227 g/mol. The van der Waals surface area contributed by atoms with Crippen molar-refractivity contribution in [2.75, 3.05) is 0 Å². The van der Waals surface area contributed by atoms with E-state index in [4.69, 9.17) is 10.5 Å². The van der Waals surface area contributed by atoms with Gasteiger partial charge in [-0.3, -0.25) is 4.79 Å². The number of ether oxygens (including phenoxy) is 1. The van der Waals surface area contributed by atoms with E-state index in [1.54, 1.807) is 20.8 Å². The minimum absolute atomic E-state index is 0.244. The minimum atomic E-state index is -0.773. The standard InChI is InChI=1S/C10H17N3O3/c1-10(2,3)16-8(14)7(11)4-6-5-12-9(15)13-6/h5,7H,4,11H2,1-3H3,(H2,12,13,15)/t7-/m0/s1. The first-order chi connectivity index (χ1) is 7.28. The fourth-order valence-electron chi connectivity index (χ4n) is 1.18. The Morgan fingerprint density at radius 3 is 2.62 bits per heavy atom. The minimum Gasteiger partial charge on any atom is -0.459 e. The summed E-state index contributed by atoms with van der Waals surface area (Å²) in [6, 6.07) is -0.773. The van der Waals surface area contributed by atoms with Crippen molar-refractivity contribution < 1.29 is 9.53 Å². The Bertz CT molecular complexity index is 413. The van der Waals surface area contributed by atoms with Crippen LogP contribution in [0, 0.1) is 0 Å². The maximum Gasteiger partial charge on any atom is 0.323 e. The maximum atomic E-state index is 11.5. The van der Waals surface area contributed by atoms with Crippen LogP contribution in [0.2, 0.25) is 0 Å². The summed E-state index contributed by atoms with van der Waals surface area (Å²) in [6.45, 7) is 5.32. The van der Waals surface area contributed by atoms with E-state index < -0.39 is 17.6 Å². The van der Waals surface area contributed by atoms with E-state index in [9.17, 15) is 9.59 Å². The number of rotatable bonds is 3. The molecule has 0 aliphatic heterocycles. The highest BCUT2D eigenvalue weighted by Gasteiger charge is 2.22. The number of aromatic nitrogens is 2. The van der Waals surface area contributed by atoms with Crippen molar-refractivity contribution in [3.63, 3.8) is 0 Å². The Labute approximate surface area is 93.2 Å². The number of hydrogen-bond acceptors (Lipinski definition) is 4. The Morgan fingerprint density at radius 2 is 2.19 bits per heavy atom. The molecule has 16 heavy (non-hydrogen) atoms. The summed E-state index contributed by atoms with van der Waals surface area (Å²) in [4.78, 5) is 27.3. The predicted molar refractivity (Wildman–Crippen MR) is 58.9 cm³/mol. The second-order valence-electron chi connectivity index (χ2n) is 4.61. The molecule has 0 aromatic carbocycles. The number of nitrogens with one attached hydrogen (secondary N) is 2. The van der Waals surface area contributed by atoms with Crippen molar-refractivity contribution >= 4 is 5.97 Å².